The fourth-order valence-corrected chi connectivity index (χ4v) is 1.39. The normalized spacial score (nSPS) is 10.4. The summed E-state index contributed by atoms with van der Waals surface area (Å²) in [7, 11) is 0. The molecule has 12 heavy (non-hydrogen) atoms. The lowest BCUT2D eigenvalue weighted by Gasteiger charge is -1.97. The zero-order chi connectivity index (χ0) is 8.55. The molecule has 2 heteroatoms. The smallest absolute Gasteiger partial charge is 0.135 e. The molecule has 1 aromatic carbocycles. The van der Waals surface area contributed by atoms with E-state index in [0.717, 1.165) is 21.0 Å². The van der Waals surface area contributed by atoms with Crippen molar-refractivity contribution in [1.29, 1.82) is 0 Å². The van der Waals surface area contributed by atoms with Gasteiger partial charge in [0.05, 0.1) is 10.8 Å². The minimum atomic E-state index is 0.855. The summed E-state index contributed by atoms with van der Waals surface area (Å²) in [6.45, 7) is 1.96. The minimum absolute atomic E-state index is 0.855. The number of hydrogen-bond acceptors (Lipinski definition) is 2. The number of para-hydroxylation sites is 1. The Kier molecular flexibility index (Phi) is 1.70. The van der Waals surface area contributed by atoms with Crippen LogP contribution in [0.15, 0.2) is 34.9 Å². The summed E-state index contributed by atoms with van der Waals surface area (Å²) in [4.78, 5) is 0. The van der Waals surface area contributed by atoms with Crippen molar-refractivity contribution < 1.29 is 4.42 Å². The van der Waals surface area contributed by atoms with Gasteiger partial charge in [0, 0.05) is 10.9 Å². The lowest BCUT2D eigenvalue weighted by molar-refractivity contribution is 0.598. The Balaban J connectivity index is 3.01. The third-order valence-electron chi connectivity index (χ3n) is 1.85. The Hall–Kier alpha value is -1.15. The van der Waals surface area contributed by atoms with E-state index in [9.17, 15) is 0 Å². The van der Waals surface area contributed by atoms with Gasteiger partial charge in [-0.05, 0) is 19.1 Å². The summed E-state index contributed by atoms with van der Waals surface area (Å²) in [5.41, 5.74) is 1.87. The van der Waals surface area contributed by atoms with E-state index < -0.39 is 0 Å². The fraction of sp³-hybridized carbons (Fsp3) is 0.100. The summed E-state index contributed by atoms with van der Waals surface area (Å²) in [5, 5.41) is 1.02. The van der Waals surface area contributed by atoms with E-state index in [4.69, 9.17) is 16.6 Å². The highest BCUT2D eigenvalue weighted by atomic mass is 32.1. The van der Waals surface area contributed by atoms with Crippen molar-refractivity contribution in [2.45, 2.75) is 6.92 Å². The van der Waals surface area contributed by atoms with E-state index in [1.165, 1.54) is 0 Å². The molecule has 0 fully saturated rings. The molecule has 0 saturated carbocycles. The molecular formula is C10H8OS. The molecular weight excluding hydrogens is 168 g/mol. The summed E-state index contributed by atoms with van der Waals surface area (Å²) in [6.07, 6.45) is 1.70. The molecule has 0 radical (unpaired) electrons. The molecule has 0 unspecified atom stereocenters. The Morgan fingerprint density at radius 2 is 2.00 bits per heavy atom. The first-order valence-electron chi connectivity index (χ1n) is 3.76. The summed E-state index contributed by atoms with van der Waals surface area (Å²) in [6, 6.07) is 7.81. The highest BCUT2D eigenvalue weighted by Gasteiger charge is 1.97. The predicted molar refractivity (Wildman–Crippen MR) is 51.8 cm³/mol. The van der Waals surface area contributed by atoms with Crippen LogP contribution >= 0.6 is 12.2 Å². The van der Waals surface area contributed by atoms with Gasteiger partial charge in [0.1, 0.15) is 5.58 Å². The Morgan fingerprint density at radius 3 is 2.83 bits per heavy atom. The van der Waals surface area contributed by atoms with Crippen LogP contribution in [0.2, 0.25) is 0 Å². The predicted octanol–water partition coefficient (Wildman–Crippen LogP) is 3.47. The standard InChI is InChI=1S/C10H8OS/c1-7-6-11-9-5-3-2-4-8(9)10(7)12/h2-6H,1H3. The van der Waals surface area contributed by atoms with Crippen LogP contribution < -0.4 is 0 Å². The molecule has 0 bridgehead atoms. The van der Waals surface area contributed by atoms with Crippen LogP contribution in [0, 0.1) is 11.4 Å². The second-order valence-electron chi connectivity index (χ2n) is 2.74. The van der Waals surface area contributed by atoms with Crippen LogP contribution in [-0.4, -0.2) is 0 Å². The third kappa shape index (κ3) is 1.04. The molecule has 0 atom stereocenters. The largest absolute Gasteiger partial charge is 0.464 e. The van der Waals surface area contributed by atoms with Gasteiger partial charge in [0.2, 0.25) is 0 Å². The topological polar surface area (TPSA) is 13.1 Å². The maximum Gasteiger partial charge on any atom is 0.135 e. The van der Waals surface area contributed by atoms with Gasteiger partial charge in [-0.15, -0.1) is 0 Å². The first kappa shape index (κ1) is 7.50. The molecule has 0 amide bonds. The number of hydrogen-bond donors (Lipinski definition) is 0. The molecule has 1 heterocycles. The molecule has 2 aromatic rings. The molecule has 2 rings (SSSR count). The first-order chi connectivity index (χ1) is 5.79. The fourth-order valence-electron chi connectivity index (χ4n) is 1.17. The van der Waals surface area contributed by atoms with Crippen molar-refractivity contribution in [2.75, 3.05) is 0 Å². The average molecular weight is 176 g/mol. The van der Waals surface area contributed by atoms with Crippen molar-refractivity contribution in [2.24, 2.45) is 0 Å². The number of fused-ring (bicyclic) bond motifs is 1. The lowest BCUT2D eigenvalue weighted by Crippen LogP contribution is -1.77. The Labute approximate surface area is 75.6 Å². The van der Waals surface area contributed by atoms with Crippen molar-refractivity contribution in [1.82, 2.24) is 0 Å². The highest BCUT2D eigenvalue weighted by molar-refractivity contribution is 7.71. The molecule has 0 spiro atoms. The van der Waals surface area contributed by atoms with Gasteiger partial charge in [-0.2, -0.15) is 0 Å². The highest BCUT2D eigenvalue weighted by Crippen LogP contribution is 2.17. The monoisotopic (exact) mass is 176 g/mol. The maximum absolute atomic E-state index is 5.36. The summed E-state index contributed by atoms with van der Waals surface area (Å²) in [5.74, 6) is 0. The lowest BCUT2D eigenvalue weighted by atomic mass is 10.2. The van der Waals surface area contributed by atoms with Crippen molar-refractivity contribution >= 4 is 23.2 Å². The minimum Gasteiger partial charge on any atom is -0.464 e. The van der Waals surface area contributed by atoms with Crippen molar-refractivity contribution in [3.63, 3.8) is 0 Å². The van der Waals surface area contributed by atoms with Crippen LogP contribution in [0.4, 0.5) is 0 Å². The average Bonchev–Trinajstić information content (AvgIpc) is 2.12. The summed E-state index contributed by atoms with van der Waals surface area (Å²) < 4.78 is 6.24. The third-order valence-corrected chi connectivity index (χ3v) is 2.39. The second kappa shape index (κ2) is 2.72. The molecule has 60 valence electrons. The molecule has 0 saturated heterocycles. The van der Waals surface area contributed by atoms with E-state index in [1.54, 1.807) is 6.26 Å². The van der Waals surface area contributed by atoms with Gasteiger partial charge in [0.15, 0.2) is 0 Å². The van der Waals surface area contributed by atoms with E-state index in [-0.39, 0.29) is 0 Å². The Morgan fingerprint density at radius 1 is 1.25 bits per heavy atom. The molecule has 0 aliphatic carbocycles. The van der Waals surface area contributed by atoms with E-state index >= 15 is 0 Å². The number of benzene rings is 1. The maximum atomic E-state index is 5.36. The zero-order valence-corrected chi connectivity index (χ0v) is 7.52. The van der Waals surface area contributed by atoms with Gasteiger partial charge < -0.3 is 4.42 Å². The van der Waals surface area contributed by atoms with Gasteiger partial charge in [-0.1, -0.05) is 24.4 Å². The van der Waals surface area contributed by atoms with Crippen LogP contribution in [-0.2, 0) is 0 Å². The van der Waals surface area contributed by atoms with Crippen molar-refractivity contribution in [3.8, 4) is 0 Å². The Bertz CT molecular complexity index is 470. The van der Waals surface area contributed by atoms with Gasteiger partial charge >= 0.3 is 0 Å². The van der Waals surface area contributed by atoms with Gasteiger partial charge in [-0.3, -0.25) is 0 Å². The van der Waals surface area contributed by atoms with Crippen molar-refractivity contribution in [3.05, 3.63) is 40.6 Å². The van der Waals surface area contributed by atoms with Crippen LogP contribution in [0.1, 0.15) is 5.56 Å². The molecule has 0 aliphatic rings. The molecule has 1 nitrogen and oxygen atoms in total. The number of aryl methyl sites for hydroxylation is 1. The second-order valence-corrected chi connectivity index (χ2v) is 3.15. The van der Waals surface area contributed by atoms with Gasteiger partial charge in [-0.25, -0.2) is 0 Å². The molecule has 1 aromatic heterocycles. The molecule has 0 aliphatic heterocycles. The van der Waals surface area contributed by atoms with Crippen LogP contribution in [0.25, 0.3) is 11.0 Å². The SMILES string of the molecule is Cc1coc2ccccc2c1=S. The van der Waals surface area contributed by atoms with E-state index in [2.05, 4.69) is 0 Å². The van der Waals surface area contributed by atoms with Crippen LogP contribution in [0.5, 0.6) is 0 Å². The summed E-state index contributed by atoms with van der Waals surface area (Å²) >= 11 is 5.23. The zero-order valence-electron chi connectivity index (χ0n) is 6.70. The molecule has 0 N–H and O–H groups in total. The first-order valence-corrected chi connectivity index (χ1v) is 4.17. The van der Waals surface area contributed by atoms with E-state index in [1.807, 2.05) is 31.2 Å². The quantitative estimate of drug-likeness (QED) is 0.570. The van der Waals surface area contributed by atoms with E-state index in [0.29, 0.717) is 0 Å². The van der Waals surface area contributed by atoms with Crippen LogP contribution in [0.3, 0.4) is 0 Å². The van der Waals surface area contributed by atoms with Gasteiger partial charge in [0.25, 0.3) is 0 Å². The number of rotatable bonds is 0.